The van der Waals surface area contributed by atoms with Crippen LogP contribution >= 0.6 is 11.6 Å². The highest BCUT2D eigenvalue weighted by Crippen LogP contribution is 2.27. The van der Waals surface area contributed by atoms with Gasteiger partial charge < -0.3 is 10.0 Å². The first-order valence-electron chi connectivity index (χ1n) is 6.27. The van der Waals surface area contributed by atoms with Gasteiger partial charge in [0.2, 0.25) is 0 Å². The zero-order chi connectivity index (χ0) is 14.7. The molecular formula is C16H16ClNO2. The Hall–Kier alpha value is -2.00. The highest BCUT2D eigenvalue weighted by atomic mass is 35.5. The number of carbonyl (C=O) groups is 1. The lowest BCUT2D eigenvalue weighted by Crippen LogP contribution is -2.17. The molecule has 2 rings (SSSR count). The summed E-state index contributed by atoms with van der Waals surface area (Å²) in [5.74, 6) is -0.972. The maximum atomic E-state index is 10.9. The molecule has 0 radical (unpaired) electrons. The monoisotopic (exact) mass is 289 g/mol. The van der Waals surface area contributed by atoms with Crippen LogP contribution in [0.25, 0.3) is 0 Å². The molecule has 0 aliphatic heterocycles. The number of carboxylic acids is 1. The second kappa shape index (κ2) is 5.97. The molecule has 2 aromatic rings. The summed E-state index contributed by atoms with van der Waals surface area (Å²) >= 11 is 6.16. The number of carboxylic acid groups (broad SMARTS) is 1. The summed E-state index contributed by atoms with van der Waals surface area (Å²) in [6, 6.07) is 13.0. The van der Waals surface area contributed by atoms with E-state index in [2.05, 4.69) is 25.1 Å². The topological polar surface area (TPSA) is 40.5 Å². The predicted molar refractivity (Wildman–Crippen MR) is 81.7 cm³/mol. The Bertz CT molecular complexity index is 640. The van der Waals surface area contributed by atoms with Crippen LogP contribution in [0.5, 0.6) is 0 Å². The zero-order valence-electron chi connectivity index (χ0n) is 11.4. The van der Waals surface area contributed by atoms with E-state index in [-0.39, 0.29) is 5.56 Å². The van der Waals surface area contributed by atoms with Crippen LogP contribution in [-0.2, 0) is 6.54 Å². The molecule has 0 atom stereocenters. The van der Waals surface area contributed by atoms with E-state index in [0.717, 1.165) is 5.69 Å². The lowest BCUT2D eigenvalue weighted by Gasteiger charge is -2.21. The molecule has 0 amide bonds. The number of aromatic carboxylic acids is 1. The van der Waals surface area contributed by atoms with Crippen LogP contribution in [0.4, 0.5) is 5.69 Å². The molecule has 3 nitrogen and oxygen atoms in total. The van der Waals surface area contributed by atoms with Crippen LogP contribution in [0.3, 0.4) is 0 Å². The van der Waals surface area contributed by atoms with Gasteiger partial charge in [-0.25, -0.2) is 4.79 Å². The van der Waals surface area contributed by atoms with Crippen LogP contribution in [-0.4, -0.2) is 18.1 Å². The molecule has 0 heterocycles. The van der Waals surface area contributed by atoms with Crippen molar-refractivity contribution in [2.24, 2.45) is 0 Å². The first-order valence-corrected chi connectivity index (χ1v) is 6.64. The van der Waals surface area contributed by atoms with Gasteiger partial charge in [0.1, 0.15) is 0 Å². The van der Waals surface area contributed by atoms with Crippen molar-refractivity contribution >= 4 is 23.3 Å². The Morgan fingerprint density at radius 1 is 1.25 bits per heavy atom. The fourth-order valence-electron chi connectivity index (χ4n) is 2.12. The van der Waals surface area contributed by atoms with E-state index in [9.17, 15) is 4.79 Å². The minimum absolute atomic E-state index is 0.197. The fourth-order valence-corrected chi connectivity index (χ4v) is 2.44. The van der Waals surface area contributed by atoms with Gasteiger partial charge in [-0.1, -0.05) is 41.4 Å². The van der Waals surface area contributed by atoms with Crippen molar-refractivity contribution in [2.45, 2.75) is 13.5 Å². The Kier molecular flexibility index (Phi) is 4.30. The second-order valence-electron chi connectivity index (χ2n) is 4.82. The maximum Gasteiger partial charge on any atom is 0.335 e. The number of anilines is 1. The molecule has 0 saturated heterocycles. The van der Waals surface area contributed by atoms with E-state index in [4.69, 9.17) is 16.7 Å². The van der Waals surface area contributed by atoms with Gasteiger partial charge in [-0.05, 0) is 30.7 Å². The van der Waals surface area contributed by atoms with Gasteiger partial charge in [-0.3, -0.25) is 0 Å². The molecule has 0 aromatic heterocycles. The molecule has 0 spiro atoms. The van der Waals surface area contributed by atoms with Crippen LogP contribution < -0.4 is 4.90 Å². The molecule has 104 valence electrons. The Balaban J connectivity index is 2.21. The van der Waals surface area contributed by atoms with Crippen LogP contribution in [0.15, 0.2) is 42.5 Å². The Morgan fingerprint density at radius 3 is 2.60 bits per heavy atom. The maximum absolute atomic E-state index is 10.9. The average Bonchev–Trinajstić information content (AvgIpc) is 2.38. The fraction of sp³-hybridized carbons (Fsp3) is 0.188. The highest BCUT2D eigenvalue weighted by Gasteiger charge is 2.10. The van der Waals surface area contributed by atoms with Crippen molar-refractivity contribution in [2.75, 3.05) is 11.9 Å². The molecule has 4 heteroatoms. The number of nitrogens with zero attached hydrogens (tertiary/aromatic N) is 1. The molecule has 1 N–H and O–H groups in total. The SMILES string of the molecule is Cc1cccc(CN(C)c2ccc(C(=O)O)cc2Cl)c1. The summed E-state index contributed by atoms with van der Waals surface area (Å²) < 4.78 is 0. The minimum Gasteiger partial charge on any atom is -0.478 e. The third-order valence-electron chi connectivity index (χ3n) is 3.11. The van der Waals surface area contributed by atoms with E-state index in [1.807, 2.05) is 18.0 Å². The zero-order valence-corrected chi connectivity index (χ0v) is 12.2. The number of hydrogen-bond acceptors (Lipinski definition) is 2. The number of benzene rings is 2. The quantitative estimate of drug-likeness (QED) is 0.925. The Labute approximate surface area is 123 Å². The molecular weight excluding hydrogens is 274 g/mol. The van der Waals surface area contributed by atoms with Crippen molar-refractivity contribution in [3.05, 3.63) is 64.2 Å². The average molecular weight is 290 g/mol. The molecule has 0 unspecified atom stereocenters. The first-order chi connectivity index (χ1) is 9.47. The highest BCUT2D eigenvalue weighted by molar-refractivity contribution is 6.33. The molecule has 0 aliphatic carbocycles. The van der Waals surface area contributed by atoms with Crippen molar-refractivity contribution in [3.8, 4) is 0 Å². The van der Waals surface area contributed by atoms with Crippen LogP contribution in [0.2, 0.25) is 5.02 Å². The molecule has 0 bridgehead atoms. The van der Waals surface area contributed by atoms with Crippen LogP contribution in [0.1, 0.15) is 21.5 Å². The predicted octanol–water partition coefficient (Wildman–Crippen LogP) is 3.98. The first kappa shape index (κ1) is 14.4. The van der Waals surface area contributed by atoms with E-state index in [1.165, 1.54) is 17.2 Å². The van der Waals surface area contributed by atoms with Crippen molar-refractivity contribution in [1.29, 1.82) is 0 Å². The summed E-state index contributed by atoms with van der Waals surface area (Å²) in [6.45, 7) is 2.77. The van der Waals surface area contributed by atoms with E-state index in [1.54, 1.807) is 12.1 Å². The largest absolute Gasteiger partial charge is 0.478 e. The van der Waals surface area contributed by atoms with Crippen molar-refractivity contribution in [3.63, 3.8) is 0 Å². The standard InChI is InChI=1S/C16H16ClNO2/c1-11-4-3-5-12(8-11)10-18(2)15-7-6-13(16(19)20)9-14(15)17/h3-9H,10H2,1-2H3,(H,19,20). The van der Waals surface area contributed by atoms with E-state index < -0.39 is 5.97 Å². The van der Waals surface area contributed by atoms with Gasteiger partial charge in [0.25, 0.3) is 0 Å². The number of rotatable bonds is 4. The van der Waals surface area contributed by atoms with Gasteiger partial charge in [0, 0.05) is 13.6 Å². The number of halogens is 1. The smallest absolute Gasteiger partial charge is 0.335 e. The second-order valence-corrected chi connectivity index (χ2v) is 5.22. The van der Waals surface area contributed by atoms with Gasteiger partial charge in [-0.15, -0.1) is 0 Å². The van der Waals surface area contributed by atoms with Gasteiger partial charge >= 0.3 is 5.97 Å². The molecule has 2 aromatic carbocycles. The lowest BCUT2D eigenvalue weighted by molar-refractivity contribution is 0.0697. The van der Waals surface area contributed by atoms with Gasteiger partial charge in [0.05, 0.1) is 16.3 Å². The number of aryl methyl sites for hydroxylation is 1. The van der Waals surface area contributed by atoms with E-state index in [0.29, 0.717) is 11.6 Å². The van der Waals surface area contributed by atoms with Crippen LogP contribution in [0, 0.1) is 6.92 Å². The molecule has 0 aliphatic rings. The summed E-state index contributed by atoms with van der Waals surface area (Å²) in [4.78, 5) is 12.9. The molecule has 20 heavy (non-hydrogen) atoms. The normalized spacial score (nSPS) is 10.3. The van der Waals surface area contributed by atoms with Gasteiger partial charge in [0.15, 0.2) is 0 Å². The van der Waals surface area contributed by atoms with Crippen molar-refractivity contribution in [1.82, 2.24) is 0 Å². The molecule has 0 fully saturated rings. The summed E-state index contributed by atoms with van der Waals surface area (Å²) in [5, 5.41) is 9.38. The summed E-state index contributed by atoms with van der Waals surface area (Å²) in [5.41, 5.74) is 3.41. The van der Waals surface area contributed by atoms with Gasteiger partial charge in [-0.2, -0.15) is 0 Å². The Morgan fingerprint density at radius 2 is 2.00 bits per heavy atom. The van der Waals surface area contributed by atoms with E-state index >= 15 is 0 Å². The van der Waals surface area contributed by atoms with Crippen molar-refractivity contribution < 1.29 is 9.90 Å². The summed E-state index contributed by atoms with van der Waals surface area (Å²) in [7, 11) is 1.93. The third-order valence-corrected chi connectivity index (χ3v) is 3.41. The lowest BCUT2D eigenvalue weighted by atomic mass is 10.1. The minimum atomic E-state index is -0.972. The molecule has 0 saturated carbocycles. The number of hydrogen-bond donors (Lipinski definition) is 1. The summed E-state index contributed by atoms with van der Waals surface area (Å²) in [6.07, 6.45) is 0. The third kappa shape index (κ3) is 3.31.